The van der Waals surface area contributed by atoms with Crippen LogP contribution in [0, 0.1) is 5.82 Å². The smallest absolute Gasteiger partial charge is 0.225 e. The highest BCUT2D eigenvalue weighted by atomic mass is 35.5. The van der Waals surface area contributed by atoms with E-state index in [1.807, 2.05) is 0 Å². The van der Waals surface area contributed by atoms with Gasteiger partial charge in [-0.2, -0.15) is 0 Å². The molecule has 0 saturated heterocycles. The monoisotopic (exact) mass is 366 g/mol. The Hall–Kier alpha value is -2.45. The normalized spacial score (nSPS) is 10.8. The minimum atomic E-state index is -0.616. The molecular formula is C15H12ClFN4O2S. The standard InChI is InChI=1S/C15H12ClFN4O2S/c1-2-12(22)20-15-19-10-3-4-13(21-14(10)24-15)23-11-6-9(18)8(17)5-7(11)16/h3-6H,2,18H2,1H3,(H,19,20,22). The van der Waals surface area contributed by atoms with E-state index in [0.29, 0.717) is 21.9 Å². The minimum absolute atomic E-state index is 0.0715. The Morgan fingerprint density at radius 2 is 2.21 bits per heavy atom. The van der Waals surface area contributed by atoms with E-state index in [9.17, 15) is 9.18 Å². The molecule has 2 heterocycles. The summed E-state index contributed by atoms with van der Waals surface area (Å²) >= 11 is 7.17. The predicted molar refractivity (Wildman–Crippen MR) is 92.2 cm³/mol. The summed E-state index contributed by atoms with van der Waals surface area (Å²) in [6.07, 6.45) is 0.363. The highest BCUT2D eigenvalue weighted by Crippen LogP contribution is 2.33. The molecule has 9 heteroatoms. The molecule has 0 saturated carbocycles. The lowest BCUT2D eigenvalue weighted by molar-refractivity contribution is -0.115. The first-order valence-electron chi connectivity index (χ1n) is 6.96. The molecule has 1 aromatic carbocycles. The van der Waals surface area contributed by atoms with Crippen molar-refractivity contribution >= 4 is 50.0 Å². The fourth-order valence-corrected chi connectivity index (χ4v) is 2.89. The fourth-order valence-electron chi connectivity index (χ4n) is 1.85. The number of pyridine rings is 1. The number of hydrogen-bond donors (Lipinski definition) is 2. The number of benzene rings is 1. The van der Waals surface area contributed by atoms with Gasteiger partial charge in [-0.05, 0) is 12.1 Å². The summed E-state index contributed by atoms with van der Waals surface area (Å²) < 4.78 is 18.9. The number of nitrogens with zero attached hydrogens (tertiary/aromatic N) is 2. The maximum Gasteiger partial charge on any atom is 0.225 e. The fraction of sp³-hybridized carbons (Fsp3) is 0.133. The van der Waals surface area contributed by atoms with Crippen LogP contribution in [-0.2, 0) is 4.79 Å². The van der Waals surface area contributed by atoms with Crippen LogP contribution in [0.1, 0.15) is 13.3 Å². The summed E-state index contributed by atoms with van der Waals surface area (Å²) in [5.41, 5.74) is 6.07. The SMILES string of the molecule is CCC(=O)Nc1nc2ccc(Oc3cc(N)c(F)cc3Cl)nc2s1. The van der Waals surface area contributed by atoms with Crippen LogP contribution in [0.15, 0.2) is 24.3 Å². The quantitative estimate of drug-likeness (QED) is 0.675. The van der Waals surface area contributed by atoms with Crippen LogP contribution in [-0.4, -0.2) is 15.9 Å². The number of carbonyl (C=O) groups is 1. The van der Waals surface area contributed by atoms with Crippen LogP contribution >= 0.6 is 22.9 Å². The van der Waals surface area contributed by atoms with Gasteiger partial charge in [0.25, 0.3) is 0 Å². The van der Waals surface area contributed by atoms with Gasteiger partial charge in [-0.3, -0.25) is 4.79 Å². The number of hydrogen-bond acceptors (Lipinski definition) is 6. The van der Waals surface area contributed by atoms with E-state index in [-0.39, 0.29) is 28.2 Å². The maximum atomic E-state index is 13.3. The summed E-state index contributed by atoms with van der Waals surface area (Å²) in [4.78, 5) is 20.6. The molecule has 124 valence electrons. The Balaban J connectivity index is 1.88. The van der Waals surface area contributed by atoms with E-state index >= 15 is 0 Å². The Morgan fingerprint density at radius 1 is 1.42 bits per heavy atom. The summed E-state index contributed by atoms with van der Waals surface area (Å²) in [7, 11) is 0. The second-order valence-electron chi connectivity index (χ2n) is 4.80. The molecule has 0 spiro atoms. The van der Waals surface area contributed by atoms with Crippen molar-refractivity contribution in [1.82, 2.24) is 9.97 Å². The topological polar surface area (TPSA) is 90.1 Å². The Labute approximate surface area is 145 Å². The van der Waals surface area contributed by atoms with Crippen molar-refractivity contribution in [2.24, 2.45) is 0 Å². The lowest BCUT2D eigenvalue weighted by Crippen LogP contribution is -2.08. The molecule has 2 aromatic heterocycles. The summed E-state index contributed by atoms with van der Waals surface area (Å²) in [5, 5.41) is 3.23. The Bertz CT molecular complexity index is 931. The molecule has 24 heavy (non-hydrogen) atoms. The average Bonchev–Trinajstić information content (AvgIpc) is 2.93. The lowest BCUT2D eigenvalue weighted by Gasteiger charge is -2.08. The first-order valence-corrected chi connectivity index (χ1v) is 8.15. The molecule has 1 amide bonds. The van der Waals surface area contributed by atoms with Gasteiger partial charge in [-0.25, -0.2) is 14.4 Å². The predicted octanol–water partition coefficient (Wildman–Crippen LogP) is 4.21. The van der Waals surface area contributed by atoms with Crippen LogP contribution < -0.4 is 15.8 Å². The summed E-state index contributed by atoms with van der Waals surface area (Å²) in [6.45, 7) is 1.75. The number of carbonyl (C=O) groups excluding carboxylic acids is 1. The van der Waals surface area contributed by atoms with Crippen LogP contribution in [0.3, 0.4) is 0 Å². The third kappa shape index (κ3) is 3.39. The minimum Gasteiger partial charge on any atom is -0.437 e. The van der Waals surface area contributed by atoms with Crippen LogP contribution in [0.4, 0.5) is 15.2 Å². The molecule has 0 aliphatic carbocycles. The van der Waals surface area contributed by atoms with Crippen LogP contribution in [0.25, 0.3) is 10.3 Å². The third-order valence-electron chi connectivity index (χ3n) is 3.06. The number of anilines is 2. The van der Waals surface area contributed by atoms with E-state index in [1.54, 1.807) is 19.1 Å². The van der Waals surface area contributed by atoms with Crippen LogP contribution in [0.5, 0.6) is 11.6 Å². The second-order valence-corrected chi connectivity index (χ2v) is 6.19. The van der Waals surface area contributed by atoms with Gasteiger partial charge in [0, 0.05) is 18.6 Å². The lowest BCUT2D eigenvalue weighted by atomic mass is 10.3. The number of aromatic nitrogens is 2. The Morgan fingerprint density at radius 3 is 2.96 bits per heavy atom. The number of amides is 1. The molecule has 0 aliphatic heterocycles. The van der Waals surface area contributed by atoms with E-state index < -0.39 is 5.82 Å². The zero-order valence-electron chi connectivity index (χ0n) is 12.5. The zero-order chi connectivity index (χ0) is 17.3. The van der Waals surface area contributed by atoms with Crippen molar-refractivity contribution in [2.45, 2.75) is 13.3 Å². The first-order chi connectivity index (χ1) is 11.5. The van der Waals surface area contributed by atoms with Crippen LogP contribution in [0.2, 0.25) is 5.02 Å². The number of rotatable bonds is 4. The second kappa shape index (κ2) is 6.58. The van der Waals surface area contributed by atoms with Gasteiger partial charge in [-0.1, -0.05) is 29.9 Å². The van der Waals surface area contributed by atoms with E-state index in [2.05, 4.69) is 15.3 Å². The average molecular weight is 367 g/mol. The van der Waals surface area contributed by atoms with E-state index in [1.165, 1.54) is 17.4 Å². The molecule has 0 radical (unpaired) electrons. The molecule has 0 fully saturated rings. The van der Waals surface area contributed by atoms with Gasteiger partial charge in [0.05, 0.1) is 10.7 Å². The number of nitrogens with two attached hydrogens (primary N) is 1. The first kappa shape index (κ1) is 16.4. The Kier molecular flexibility index (Phi) is 4.50. The molecule has 6 nitrogen and oxygen atoms in total. The zero-order valence-corrected chi connectivity index (χ0v) is 14.0. The van der Waals surface area contributed by atoms with Gasteiger partial charge < -0.3 is 15.8 Å². The molecule has 0 unspecified atom stereocenters. The van der Waals surface area contributed by atoms with Crippen molar-refractivity contribution in [3.8, 4) is 11.6 Å². The number of thiazole rings is 1. The number of halogens is 2. The molecule has 0 bridgehead atoms. The van der Waals surface area contributed by atoms with E-state index in [4.69, 9.17) is 22.1 Å². The highest BCUT2D eigenvalue weighted by Gasteiger charge is 2.12. The third-order valence-corrected chi connectivity index (χ3v) is 4.24. The van der Waals surface area contributed by atoms with Gasteiger partial charge in [0.15, 0.2) is 5.13 Å². The molecule has 3 N–H and O–H groups in total. The summed E-state index contributed by atoms with van der Waals surface area (Å²) in [5.74, 6) is -0.285. The van der Waals surface area contributed by atoms with Crippen molar-refractivity contribution in [1.29, 1.82) is 0 Å². The number of nitrogen functional groups attached to an aromatic ring is 1. The number of fused-ring (bicyclic) bond motifs is 1. The van der Waals surface area contributed by atoms with Gasteiger partial charge >= 0.3 is 0 Å². The van der Waals surface area contributed by atoms with Gasteiger partial charge in [0.1, 0.15) is 21.9 Å². The molecular weight excluding hydrogens is 355 g/mol. The van der Waals surface area contributed by atoms with Crippen molar-refractivity contribution in [2.75, 3.05) is 11.1 Å². The molecule has 0 aliphatic rings. The number of nitrogens with one attached hydrogen (secondary N) is 1. The van der Waals surface area contributed by atoms with Crippen molar-refractivity contribution in [3.63, 3.8) is 0 Å². The maximum absolute atomic E-state index is 13.3. The van der Waals surface area contributed by atoms with E-state index in [0.717, 1.165) is 6.07 Å². The van der Waals surface area contributed by atoms with Crippen molar-refractivity contribution < 1.29 is 13.9 Å². The van der Waals surface area contributed by atoms with Crippen molar-refractivity contribution in [3.05, 3.63) is 35.1 Å². The molecule has 3 rings (SSSR count). The highest BCUT2D eigenvalue weighted by molar-refractivity contribution is 7.21. The van der Waals surface area contributed by atoms with Gasteiger partial charge in [0.2, 0.25) is 11.8 Å². The summed E-state index contributed by atoms with van der Waals surface area (Å²) in [6, 6.07) is 5.68. The molecule has 3 aromatic rings. The molecule has 0 atom stereocenters. The largest absolute Gasteiger partial charge is 0.437 e. The number of ether oxygens (including phenoxy) is 1. The van der Waals surface area contributed by atoms with Gasteiger partial charge in [-0.15, -0.1) is 0 Å².